The molecule has 1 amide bonds. The molecule has 0 radical (unpaired) electrons. The molecule has 0 fully saturated rings. The number of aryl methyl sites for hydroxylation is 3. The lowest BCUT2D eigenvalue weighted by molar-refractivity contribution is -0.119. The molecule has 1 atom stereocenters. The molecule has 0 saturated carbocycles. The van der Waals surface area contributed by atoms with E-state index in [1.807, 2.05) is 25.1 Å². The molecule has 140 valence electrons. The molecule has 2 aromatic rings. The van der Waals surface area contributed by atoms with Crippen molar-refractivity contribution in [2.75, 3.05) is 5.75 Å². The number of carbonyl (C=O) groups excluding carboxylic acids is 1. The van der Waals surface area contributed by atoms with Gasteiger partial charge in [0.25, 0.3) is 0 Å². The largest absolute Gasteiger partial charge is 0.353 e. The predicted molar refractivity (Wildman–Crippen MR) is 104 cm³/mol. The minimum atomic E-state index is -0.0241. The van der Waals surface area contributed by atoms with Gasteiger partial charge in [-0.15, -0.1) is 11.8 Å². The fraction of sp³-hybridized carbons (Fsp3) is 0.526. The minimum Gasteiger partial charge on any atom is -0.353 e. The van der Waals surface area contributed by atoms with E-state index in [4.69, 9.17) is 0 Å². The fourth-order valence-electron chi connectivity index (χ4n) is 3.26. The first-order valence-electron chi connectivity index (χ1n) is 9.22. The van der Waals surface area contributed by atoms with Crippen molar-refractivity contribution < 1.29 is 4.79 Å². The number of rotatable bonds is 6. The summed E-state index contributed by atoms with van der Waals surface area (Å²) < 4.78 is 3.33. The van der Waals surface area contributed by atoms with Crippen molar-refractivity contribution >= 4 is 17.7 Å². The van der Waals surface area contributed by atoms with Crippen molar-refractivity contribution in [3.05, 3.63) is 46.1 Å². The zero-order valence-electron chi connectivity index (χ0n) is 15.4. The van der Waals surface area contributed by atoms with Crippen molar-refractivity contribution in [2.24, 2.45) is 0 Å². The zero-order valence-corrected chi connectivity index (χ0v) is 16.2. The number of hydrogen-bond donors (Lipinski definition) is 1. The number of aromatic nitrogens is 3. The maximum Gasteiger partial charge on any atom is 0.345 e. The van der Waals surface area contributed by atoms with Crippen LogP contribution < -0.4 is 11.0 Å². The Morgan fingerprint density at radius 2 is 2.15 bits per heavy atom. The summed E-state index contributed by atoms with van der Waals surface area (Å²) >= 11 is 1.56. The normalized spacial score (nSPS) is 16.8. The van der Waals surface area contributed by atoms with E-state index in [0.717, 1.165) is 36.4 Å². The van der Waals surface area contributed by atoms with Gasteiger partial charge in [-0.1, -0.05) is 25.1 Å². The summed E-state index contributed by atoms with van der Waals surface area (Å²) in [7, 11) is 0. The summed E-state index contributed by atoms with van der Waals surface area (Å²) in [6.07, 6.45) is 3.21. The second-order valence-electron chi connectivity index (χ2n) is 6.72. The number of hydrogen-bond acceptors (Lipinski definition) is 4. The standard InChI is InChI=1S/C19H26N4O2S/c1-3-11-23-19(25)22-12-10-15(8-9-17(22)21-23)20-18(24)13-26-16-7-5-4-6-14(16)2/h4-7,15H,3,8-13H2,1-2H3,(H,20,24). The Morgan fingerprint density at radius 3 is 2.92 bits per heavy atom. The molecule has 0 saturated heterocycles. The van der Waals surface area contributed by atoms with Gasteiger partial charge in [0.1, 0.15) is 5.82 Å². The van der Waals surface area contributed by atoms with Crippen LogP contribution in [0.15, 0.2) is 34.0 Å². The Hall–Kier alpha value is -2.02. The van der Waals surface area contributed by atoms with E-state index < -0.39 is 0 Å². The quantitative estimate of drug-likeness (QED) is 0.788. The van der Waals surface area contributed by atoms with Gasteiger partial charge in [-0.3, -0.25) is 9.36 Å². The molecule has 3 rings (SSSR count). The molecule has 2 heterocycles. The smallest absolute Gasteiger partial charge is 0.345 e. The van der Waals surface area contributed by atoms with E-state index in [0.29, 0.717) is 18.8 Å². The van der Waals surface area contributed by atoms with Crippen LogP contribution in [0.4, 0.5) is 0 Å². The average Bonchev–Trinajstić information content (AvgIpc) is 2.79. The van der Waals surface area contributed by atoms with E-state index in [2.05, 4.69) is 23.4 Å². The van der Waals surface area contributed by atoms with Gasteiger partial charge in [-0.2, -0.15) is 5.10 Å². The zero-order chi connectivity index (χ0) is 18.5. The summed E-state index contributed by atoms with van der Waals surface area (Å²) in [5.41, 5.74) is 1.16. The predicted octanol–water partition coefficient (Wildman–Crippen LogP) is 2.38. The van der Waals surface area contributed by atoms with Crippen LogP contribution in [0.3, 0.4) is 0 Å². The molecule has 1 aliphatic heterocycles. The summed E-state index contributed by atoms with van der Waals surface area (Å²) in [4.78, 5) is 25.8. The van der Waals surface area contributed by atoms with Crippen molar-refractivity contribution in [1.29, 1.82) is 0 Å². The van der Waals surface area contributed by atoms with E-state index >= 15 is 0 Å². The Balaban J connectivity index is 1.53. The number of benzene rings is 1. The van der Waals surface area contributed by atoms with Gasteiger partial charge in [-0.25, -0.2) is 9.48 Å². The van der Waals surface area contributed by atoms with Gasteiger partial charge in [0, 0.05) is 30.4 Å². The van der Waals surface area contributed by atoms with Crippen LogP contribution in [0.5, 0.6) is 0 Å². The lowest BCUT2D eigenvalue weighted by atomic mass is 10.1. The van der Waals surface area contributed by atoms with Crippen LogP contribution in [0, 0.1) is 6.92 Å². The number of nitrogens with zero attached hydrogens (tertiary/aromatic N) is 3. The van der Waals surface area contributed by atoms with Gasteiger partial charge in [0.2, 0.25) is 5.91 Å². The lowest BCUT2D eigenvalue weighted by Crippen LogP contribution is -2.36. The average molecular weight is 375 g/mol. The molecule has 0 spiro atoms. The van der Waals surface area contributed by atoms with Crippen molar-refractivity contribution in [2.45, 2.75) is 63.6 Å². The minimum absolute atomic E-state index is 0.0241. The highest BCUT2D eigenvalue weighted by atomic mass is 32.2. The molecule has 1 unspecified atom stereocenters. The molecule has 0 aliphatic carbocycles. The Labute approximate surface area is 158 Å². The summed E-state index contributed by atoms with van der Waals surface area (Å²) in [6.45, 7) is 5.37. The maximum absolute atomic E-state index is 12.3. The molecule has 0 bridgehead atoms. The second kappa shape index (κ2) is 8.58. The number of amides is 1. The SMILES string of the molecule is CCCn1nc2n(c1=O)CCC(NC(=O)CSc1ccccc1C)CC2. The first kappa shape index (κ1) is 18.8. The summed E-state index contributed by atoms with van der Waals surface area (Å²) in [5, 5.41) is 7.57. The van der Waals surface area contributed by atoms with Crippen LogP contribution in [0.25, 0.3) is 0 Å². The van der Waals surface area contributed by atoms with Crippen molar-refractivity contribution in [3.63, 3.8) is 0 Å². The van der Waals surface area contributed by atoms with E-state index in [1.54, 1.807) is 21.0 Å². The van der Waals surface area contributed by atoms with Gasteiger partial charge in [-0.05, 0) is 37.8 Å². The van der Waals surface area contributed by atoms with Gasteiger partial charge in [0.05, 0.1) is 5.75 Å². The molecule has 1 N–H and O–H groups in total. The molecule has 7 heteroatoms. The van der Waals surface area contributed by atoms with E-state index in [9.17, 15) is 9.59 Å². The molecule has 1 aromatic heterocycles. The first-order valence-corrected chi connectivity index (χ1v) is 10.2. The third-order valence-corrected chi connectivity index (χ3v) is 5.85. The highest BCUT2D eigenvalue weighted by Crippen LogP contribution is 2.21. The summed E-state index contributed by atoms with van der Waals surface area (Å²) in [6, 6.07) is 8.19. The van der Waals surface area contributed by atoms with Crippen LogP contribution in [-0.4, -0.2) is 32.0 Å². The third-order valence-electron chi connectivity index (χ3n) is 4.67. The topological polar surface area (TPSA) is 68.9 Å². The second-order valence-corrected chi connectivity index (χ2v) is 7.74. The number of carbonyl (C=O) groups is 1. The van der Waals surface area contributed by atoms with E-state index in [-0.39, 0.29) is 17.6 Å². The Morgan fingerprint density at radius 1 is 1.35 bits per heavy atom. The van der Waals surface area contributed by atoms with E-state index in [1.165, 1.54) is 5.56 Å². The number of fused-ring (bicyclic) bond motifs is 1. The molecule has 26 heavy (non-hydrogen) atoms. The Bertz CT molecular complexity index is 827. The molecule has 1 aromatic carbocycles. The fourth-order valence-corrected chi connectivity index (χ4v) is 4.10. The highest BCUT2D eigenvalue weighted by Gasteiger charge is 2.21. The Kier molecular flexibility index (Phi) is 6.19. The maximum atomic E-state index is 12.3. The van der Waals surface area contributed by atoms with Crippen LogP contribution in [0.2, 0.25) is 0 Å². The van der Waals surface area contributed by atoms with Gasteiger partial charge < -0.3 is 5.32 Å². The van der Waals surface area contributed by atoms with Crippen LogP contribution in [-0.2, 0) is 24.3 Å². The first-order chi connectivity index (χ1) is 12.6. The summed E-state index contributed by atoms with van der Waals surface area (Å²) in [5.74, 6) is 1.30. The molecule has 6 nitrogen and oxygen atoms in total. The highest BCUT2D eigenvalue weighted by molar-refractivity contribution is 8.00. The van der Waals surface area contributed by atoms with Crippen molar-refractivity contribution in [1.82, 2.24) is 19.7 Å². The number of thioether (sulfide) groups is 1. The molecular formula is C19H26N4O2S. The molecular weight excluding hydrogens is 348 g/mol. The van der Waals surface area contributed by atoms with Gasteiger partial charge in [0.15, 0.2) is 0 Å². The van der Waals surface area contributed by atoms with Crippen LogP contribution in [0.1, 0.15) is 37.6 Å². The molecule has 1 aliphatic rings. The number of nitrogens with one attached hydrogen (secondary N) is 1. The monoisotopic (exact) mass is 374 g/mol. The third kappa shape index (κ3) is 4.38. The van der Waals surface area contributed by atoms with Gasteiger partial charge >= 0.3 is 5.69 Å². The lowest BCUT2D eigenvalue weighted by Gasteiger charge is -2.16. The van der Waals surface area contributed by atoms with Crippen molar-refractivity contribution in [3.8, 4) is 0 Å². The van der Waals surface area contributed by atoms with Crippen LogP contribution >= 0.6 is 11.8 Å².